The fourth-order valence-electron chi connectivity index (χ4n) is 9.11. The predicted octanol–water partition coefficient (Wildman–Crippen LogP) is 5.76. The molecule has 0 spiro atoms. The molecule has 0 saturated heterocycles. The number of nitrogens with two attached hydrogens (primary N) is 2. The summed E-state index contributed by atoms with van der Waals surface area (Å²) in [5.41, 5.74) is 21.9. The average Bonchev–Trinajstić information content (AvgIpc) is 1.87. The summed E-state index contributed by atoms with van der Waals surface area (Å²) in [5.74, 6) is 2.31. The summed E-state index contributed by atoms with van der Waals surface area (Å²) in [6.07, 6.45) is 4.31. The first-order chi connectivity index (χ1) is 42.4. The minimum atomic E-state index is 0.285. The van der Waals surface area contributed by atoms with Gasteiger partial charge in [0.15, 0.2) is 45.1 Å². The van der Waals surface area contributed by atoms with E-state index in [4.69, 9.17) is 87.3 Å². The number of benzene rings is 5. The van der Waals surface area contributed by atoms with Crippen LogP contribution in [0.4, 0.5) is 11.4 Å². The molecule has 22 heteroatoms. The smallest absolute Gasteiger partial charge is 0.245 e. The first kappa shape index (κ1) is 66.9. The highest BCUT2D eigenvalue weighted by Crippen LogP contribution is 2.35. The highest BCUT2D eigenvalue weighted by molar-refractivity contribution is 5.78. The fourth-order valence-corrected chi connectivity index (χ4v) is 9.11. The van der Waals surface area contributed by atoms with Gasteiger partial charge in [-0.2, -0.15) is 0 Å². The van der Waals surface area contributed by atoms with Gasteiger partial charge in [-0.25, -0.2) is 18.3 Å². The summed E-state index contributed by atoms with van der Waals surface area (Å²) in [6.45, 7) is 12.4. The fraction of sp³-hybridized carbons (Fsp3) is 0.500. The maximum Gasteiger partial charge on any atom is 0.245 e. The minimum absolute atomic E-state index is 0.285. The number of ether oxygens (including phenoxy) is 16. The molecule has 0 aliphatic carbocycles. The lowest BCUT2D eigenvalue weighted by Crippen LogP contribution is -2.33. The van der Waals surface area contributed by atoms with Crippen molar-refractivity contribution in [3.8, 4) is 23.0 Å². The van der Waals surface area contributed by atoms with E-state index in [-0.39, 0.29) is 13.2 Å². The molecule has 2 heterocycles. The van der Waals surface area contributed by atoms with Gasteiger partial charge < -0.3 is 87.3 Å². The van der Waals surface area contributed by atoms with Gasteiger partial charge in [0.2, 0.25) is 12.7 Å². The number of imidazole rings is 2. The van der Waals surface area contributed by atoms with Gasteiger partial charge in [-0.15, -0.1) is 0 Å². The first-order valence-electron chi connectivity index (χ1n) is 29.3. The molecule has 0 bridgehead atoms. The number of aromatic nitrogens is 4. The Bertz CT molecular complexity index is 2780. The lowest BCUT2D eigenvalue weighted by molar-refractivity contribution is -0.663. The third kappa shape index (κ3) is 22.9. The number of nitrogens with zero attached hydrogens (tertiary/aromatic N) is 4. The van der Waals surface area contributed by atoms with Crippen molar-refractivity contribution in [1.29, 1.82) is 0 Å². The standard InChI is InChI=1S/C64H90N6O16/c1-71-17-21-75-25-29-79-33-37-83-61-41-57-59(43-63(61)85-39-35-81-31-27-77-23-19-73-3)69(49-67(57)45-51-9-13-55(65)14-10-51)47-53-7-5-6-8-54(53)48-70-50-68(46-52-11-15-56(66)16-12-52)58-42-62(84-38-34-80-30-26-76-22-18-72-2)64(44-60(58)70)86-40-36-82-32-28-78-24-20-74-4/h5-16,41-44,49-50H,17-40,45-48,65-66H2,1-4H3/q+2. The van der Waals surface area contributed by atoms with E-state index in [1.54, 1.807) is 28.4 Å². The van der Waals surface area contributed by atoms with E-state index in [1.165, 1.54) is 0 Å². The van der Waals surface area contributed by atoms with Gasteiger partial charge in [0.25, 0.3) is 0 Å². The third-order valence-electron chi connectivity index (χ3n) is 13.5. The lowest BCUT2D eigenvalue weighted by Gasteiger charge is -2.14. The van der Waals surface area contributed by atoms with Crippen molar-refractivity contribution >= 4 is 33.4 Å². The van der Waals surface area contributed by atoms with Crippen LogP contribution in [0, 0.1) is 0 Å². The molecule has 7 aromatic rings. The number of nitrogen functional groups attached to an aromatic ring is 2. The normalized spacial score (nSPS) is 11.6. The molecule has 4 N–H and O–H groups in total. The van der Waals surface area contributed by atoms with Crippen LogP contribution in [0.1, 0.15) is 22.3 Å². The number of hydrogen-bond donors (Lipinski definition) is 2. The molecular formula is C64H90N6O16+2. The molecule has 86 heavy (non-hydrogen) atoms. The van der Waals surface area contributed by atoms with Crippen molar-refractivity contribution in [3.05, 3.63) is 132 Å². The van der Waals surface area contributed by atoms with Crippen LogP contribution in [0.5, 0.6) is 23.0 Å². The zero-order valence-electron chi connectivity index (χ0n) is 50.7. The van der Waals surface area contributed by atoms with Crippen molar-refractivity contribution < 1.29 is 84.9 Å². The Morgan fingerprint density at radius 2 is 0.593 bits per heavy atom. The third-order valence-corrected chi connectivity index (χ3v) is 13.5. The summed E-state index contributed by atoms with van der Waals surface area (Å²) in [4.78, 5) is 0. The quantitative estimate of drug-likeness (QED) is 0.0263. The van der Waals surface area contributed by atoms with Gasteiger partial charge in [-0.1, -0.05) is 48.5 Å². The second-order valence-electron chi connectivity index (χ2n) is 19.8. The number of anilines is 2. The minimum Gasteiger partial charge on any atom is -0.487 e. The molecule has 0 saturated carbocycles. The number of hydrogen-bond acceptors (Lipinski definition) is 18. The second-order valence-corrected chi connectivity index (χ2v) is 19.8. The first-order valence-corrected chi connectivity index (χ1v) is 29.3. The van der Waals surface area contributed by atoms with Gasteiger partial charge >= 0.3 is 0 Å². The van der Waals surface area contributed by atoms with Gasteiger partial charge in [0.05, 0.1) is 132 Å². The average molecular weight is 1200 g/mol. The van der Waals surface area contributed by atoms with Crippen LogP contribution in [0.15, 0.2) is 110 Å². The van der Waals surface area contributed by atoms with E-state index >= 15 is 0 Å². The maximum absolute atomic E-state index is 6.51. The van der Waals surface area contributed by atoms with E-state index in [1.807, 2.05) is 36.4 Å². The largest absolute Gasteiger partial charge is 0.487 e. The highest BCUT2D eigenvalue weighted by Gasteiger charge is 2.25. The summed E-state index contributed by atoms with van der Waals surface area (Å²) < 4.78 is 101. The van der Waals surface area contributed by atoms with E-state index < -0.39 is 0 Å². The molecule has 0 aliphatic heterocycles. The Kier molecular flexibility index (Phi) is 30.5. The molecule has 0 aliphatic rings. The van der Waals surface area contributed by atoms with Crippen molar-refractivity contribution in [2.24, 2.45) is 0 Å². The number of rotatable bonds is 48. The van der Waals surface area contributed by atoms with Crippen molar-refractivity contribution in [2.75, 3.05) is 198 Å². The second kappa shape index (κ2) is 39.2. The number of fused-ring (bicyclic) bond motifs is 2. The lowest BCUT2D eigenvalue weighted by atomic mass is 10.1. The van der Waals surface area contributed by atoms with Crippen LogP contribution in [0.2, 0.25) is 0 Å². The van der Waals surface area contributed by atoms with E-state index in [0.717, 1.165) is 44.3 Å². The van der Waals surface area contributed by atoms with Crippen LogP contribution in [0.3, 0.4) is 0 Å². The molecular weight excluding hydrogens is 1110 g/mol. The molecule has 0 atom stereocenters. The Balaban J connectivity index is 1.19. The van der Waals surface area contributed by atoms with Crippen LogP contribution >= 0.6 is 0 Å². The van der Waals surface area contributed by atoms with E-state index in [0.29, 0.717) is 206 Å². The van der Waals surface area contributed by atoms with Crippen LogP contribution in [-0.4, -0.2) is 196 Å². The molecule has 0 unspecified atom stereocenters. The van der Waals surface area contributed by atoms with Crippen LogP contribution in [0.25, 0.3) is 22.1 Å². The Morgan fingerprint density at radius 3 is 0.884 bits per heavy atom. The summed E-state index contributed by atoms with van der Waals surface area (Å²) in [6, 6.07) is 32.6. The molecule has 7 rings (SSSR count). The SMILES string of the molecule is COCCOCCOCCOc1cc2c(cc1OCCOCCOCCOC)[n+](Cc1ccc(N)cc1)cn2Cc1ccccc1Cn1c[n+](Cc2ccc(N)cc2)c2cc(OCCOCCOCCOC)c(OCCOCCOCCOC)cc21. The zero-order chi connectivity index (χ0) is 60.2. The van der Waals surface area contributed by atoms with E-state index in [9.17, 15) is 0 Å². The molecule has 5 aromatic carbocycles. The Labute approximate surface area is 505 Å². The van der Waals surface area contributed by atoms with Crippen LogP contribution in [-0.2, 0) is 83.0 Å². The van der Waals surface area contributed by atoms with Gasteiger partial charge in [0, 0.05) is 75.2 Å². The van der Waals surface area contributed by atoms with Gasteiger partial charge in [0.1, 0.15) is 52.6 Å². The number of methoxy groups -OCH3 is 4. The molecule has 2 aromatic heterocycles. The Morgan fingerprint density at radius 1 is 0.326 bits per heavy atom. The topological polar surface area (TPSA) is 217 Å². The van der Waals surface area contributed by atoms with Crippen molar-refractivity contribution in [1.82, 2.24) is 9.13 Å². The van der Waals surface area contributed by atoms with Crippen molar-refractivity contribution in [2.45, 2.75) is 26.2 Å². The molecule has 0 fully saturated rings. The molecule has 470 valence electrons. The summed E-state index contributed by atoms with van der Waals surface area (Å²) >= 11 is 0. The summed E-state index contributed by atoms with van der Waals surface area (Å²) in [5, 5.41) is 0. The van der Waals surface area contributed by atoms with Gasteiger partial charge in [-0.3, -0.25) is 0 Å². The van der Waals surface area contributed by atoms with Gasteiger partial charge in [-0.05, 0) is 35.4 Å². The van der Waals surface area contributed by atoms with Crippen LogP contribution < -0.4 is 39.5 Å². The molecule has 0 radical (unpaired) electrons. The summed E-state index contributed by atoms with van der Waals surface area (Å²) in [7, 11) is 6.59. The maximum atomic E-state index is 6.51. The predicted molar refractivity (Wildman–Crippen MR) is 325 cm³/mol. The monoisotopic (exact) mass is 1200 g/mol. The molecule has 0 amide bonds. The zero-order valence-corrected chi connectivity index (χ0v) is 50.7. The molecule has 22 nitrogen and oxygen atoms in total. The van der Waals surface area contributed by atoms with Crippen molar-refractivity contribution in [3.63, 3.8) is 0 Å². The van der Waals surface area contributed by atoms with E-state index in [2.05, 4.69) is 91.6 Å². The highest BCUT2D eigenvalue weighted by atomic mass is 16.6. The Hall–Kier alpha value is -6.64.